The van der Waals surface area contributed by atoms with Gasteiger partial charge in [0.25, 0.3) is 0 Å². The summed E-state index contributed by atoms with van der Waals surface area (Å²) in [6.07, 6.45) is 5.53. The van der Waals surface area contributed by atoms with Gasteiger partial charge in [0.15, 0.2) is 0 Å². The van der Waals surface area contributed by atoms with Crippen LogP contribution in [0.15, 0.2) is 28.9 Å². The van der Waals surface area contributed by atoms with E-state index >= 15 is 0 Å². The fourth-order valence-electron chi connectivity index (χ4n) is 2.47. The van der Waals surface area contributed by atoms with E-state index in [2.05, 4.69) is 20.9 Å². The van der Waals surface area contributed by atoms with Crippen LogP contribution in [0.5, 0.6) is 0 Å². The van der Waals surface area contributed by atoms with E-state index in [1.165, 1.54) is 0 Å². The molecule has 0 bridgehead atoms. The molecule has 2 aromatic rings. The molecule has 3 rings (SSSR count). The maximum atomic E-state index is 9.02. The maximum absolute atomic E-state index is 9.02. The van der Waals surface area contributed by atoms with E-state index in [9.17, 15) is 0 Å². The molecule has 1 aliphatic heterocycles. The van der Waals surface area contributed by atoms with Crippen LogP contribution in [0, 0.1) is 24.2 Å². The number of hydrogen-bond acceptors (Lipinski definition) is 5. The molecular weight excluding hydrogens is 252 g/mol. The van der Waals surface area contributed by atoms with E-state index < -0.39 is 0 Å². The van der Waals surface area contributed by atoms with Gasteiger partial charge in [0, 0.05) is 25.5 Å². The van der Waals surface area contributed by atoms with E-state index in [1.54, 1.807) is 12.4 Å². The van der Waals surface area contributed by atoms with Crippen LogP contribution in [-0.2, 0) is 0 Å². The quantitative estimate of drug-likeness (QED) is 0.837. The summed E-state index contributed by atoms with van der Waals surface area (Å²) in [5, 5.41) is 9.02. The van der Waals surface area contributed by atoms with Crippen molar-refractivity contribution in [1.29, 1.82) is 5.26 Å². The molecule has 5 heteroatoms. The van der Waals surface area contributed by atoms with Crippen molar-refractivity contribution in [2.75, 3.05) is 18.0 Å². The molecule has 102 valence electrons. The van der Waals surface area contributed by atoms with Crippen LogP contribution in [0.1, 0.15) is 18.6 Å². The fraction of sp³-hybridized carbons (Fsp3) is 0.400. The first-order chi connectivity index (χ1) is 9.76. The number of piperidine rings is 1. The van der Waals surface area contributed by atoms with Crippen LogP contribution >= 0.6 is 0 Å². The summed E-state index contributed by atoms with van der Waals surface area (Å²) in [5.74, 6) is 2.43. The van der Waals surface area contributed by atoms with Crippen LogP contribution in [0.4, 0.5) is 5.95 Å². The van der Waals surface area contributed by atoms with Crippen LogP contribution < -0.4 is 4.90 Å². The summed E-state index contributed by atoms with van der Waals surface area (Å²) < 4.78 is 5.55. The third kappa shape index (κ3) is 2.50. The molecule has 20 heavy (non-hydrogen) atoms. The van der Waals surface area contributed by atoms with Crippen LogP contribution in [0.3, 0.4) is 0 Å². The van der Waals surface area contributed by atoms with Crippen molar-refractivity contribution in [2.24, 2.45) is 5.92 Å². The second-order valence-corrected chi connectivity index (χ2v) is 5.10. The number of aromatic nitrogens is 2. The first kappa shape index (κ1) is 12.7. The average molecular weight is 268 g/mol. The van der Waals surface area contributed by atoms with Gasteiger partial charge in [-0.15, -0.1) is 0 Å². The Morgan fingerprint density at radius 1 is 1.35 bits per heavy atom. The second-order valence-electron chi connectivity index (χ2n) is 5.10. The van der Waals surface area contributed by atoms with Crippen molar-refractivity contribution >= 4 is 5.95 Å². The standard InChI is InChI=1S/C15H16N4O/c1-11-4-5-14(20-11)13-8-17-15(18-9-13)19-6-2-3-12(7-16)10-19/h4-5,8-9,12H,2-3,6,10H2,1H3. The Bertz CT molecular complexity index is 626. The van der Waals surface area contributed by atoms with Crippen molar-refractivity contribution in [3.8, 4) is 17.4 Å². The van der Waals surface area contributed by atoms with E-state index in [0.717, 1.165) is 43.0 Å². The molecule has 0 aromatic carbocycles. The molecule has 0 saturated carbocycles. The van der Waals surface area contributed by atoms with Crippen molar-refractivity contribution in [1.82, 2.24) is 9.97 Å². The normalized spacial score (nSPS) is 18.8. The second kappa shape index (κ2) is 5.33. The molecule has 1 saturated heterocycles. The topological polar surface area (TPSA) is 66.0 Å². The predicted octanol–water partition coefficient (Wildman–Crippen LogP) is 2.79. The summed E-state index contributed by atoms with van der Waals surface area (Å²) in [7, 11) is 0. The molecule has 0 radical (unpaired) electrons. The first-order valence-electron chi connectivity index (χ1n) is 6.79. The molecule has 5 nitrogen and oxygen atoms in total. The van der Waals surface area contributed by atoms with Crippen molar-refractivity contribution < 1.29 is 4.42 Å². The van der Waals surface area contributed by atoms with Gasteiger partial charge in [-0.05, 0) is 31.9 Å². The van der Waals surface area contributed by atoms with Gasteiger partial charge in [-0.2, -0.15) is 5.26 Å². The summed E-state index contributed by atoms with van der Waals surface area (Å²) in [5.41, 5.74) is 0.871. The molecule has 0 N–H and O–H groups in total. The number of furan rings is 1. The molecule has 1 atom stereocenters. The number of hydrogen-bond donors (Lipinski definition) is 0. The SMILES string of the molecule is Cc1ccc(-c2cnc(N3CCCC(C#N)C3)nc2)o1. The lowest BCUT2D eigenvalue weighted by molar-refractivity contribution is 0.487. The van der Waals surface area contributed by atoms with Gasteiger partial charge in [0.05, 0.1) is 17.6 Å². The van der Waals surface area contributed by atoms with Gasteiger partial charge in [-0.1, -0.05) is 0 Å². The lowest BCUT2D eigenvalue weighted by Gasteiger charge is -2.29. The Morgan fingerprint density at radius 2 is 2.15 bits per heavy atom. The largest absolute Gasteiger partial charge is 0.461 e. The van der Waals surface area contributed by atoms with Crippen LogP contribution in [0.25, 0.3) is 11.3 Å². The molecule has 0 aliphatic carbocycles. The molecule has 0 amide bonds. The Morgan fingerprint density at radius 3 is 2.80 bits per heavy atom. The lowest BCUT2D eigenvalue weighted by Crippen LogP contribution is -2.35. The van der Waals surface area contributed by atoms with Gasteiger partial charge >= 0.3 is 0 Å². The Kier molecular flexibility index (Phi) is 3.38. The van der Waals surface area contributed by atoms with Crippen LogP contribution in [-0.4, -0.2) is 23.1 Å². The number of nitriles is 1. The Balaban J connectivity index is 1.78. The van der Waals surface area contributed by atoms with Gasteiger partial charge < -0.3 is 9.32 Å². The highest BCUT2D eigenvalue weighted by Gasteiger charge is 2.21. The highest BCUT2D eigenvalue weighted by molar-refractivity contribution is 5.56. The highest BCUT2D eigenvalue weighted by atomic mass is 16.3. The van der Waals surface area contributed by atoms with E-state index in [1.807, 2.05) is 19.1 Å². The smallest absolute Gasteiger partial charge is 0.225 e. The summed E-state index contributed by atoms with van der Waals surface area (Å²) in [6.45, 7) is 3.54. The summed E-state index contributed by atoms with van der Waals surface area (Å²) in [6, 6.07) is 6.17. The highest BCUT2D eigenvalue weighted by Crippen LogP contribution is 2.23. The minimum Gasteiger partial charge on any atom is -0.461 e. The third-order valence-corrected chi connectivity index (χ3v) is 3.55. The zero-order chi connectivity index (χ0) is 13.9. The average Bonchev–Trinajstić information content (AvgIpc) is 2.94. The zero-order valence-electron chi connectivity index (χ0n) is 11.4. The van der Waals surface area contributed by atoms with E-state index in [-0.39, 0.29) is 5.92 Å². The molecule has 0 spiro atoms. The molecule has 1 fully saturated rings. The molecule has 1 aliphatic rings. The summed E-state index contributed by atoms with van der Waals surface area (Å²) in [4.78, 5) is 10.9. The van der Waals surface area contributed by atoms with Crippen molar-refractivity contribution in [2.45, 2.75) is 19.8 Å². The summed E-state index contributed by atoms with van der Waals surface area (Å²) >= 11 is 0. The Labute approximate surface area is 117 Å². The minimum atomic E-state index is 0.0831. The van der Waals surface area contributed by atoms with E-state index in [4.69, 9.17) is 9.68 Å². The lowest BCUT2D eigenvalue weighted by atomic mass is 10.0. The maximum Gasteiger partial charge on any atom is 0.225 e. The van der Waals surface area contributed by atoms with E-state index in [0.29, 0.717) is 5.95 Å². The van der Waals surface area contributed by atoms with Gasteiger partial charge in [-0.3, -0.25) is 0 Å². The Hall–Kier alpha value is -2.35. The van der Waals surface area contributed by atoms with Crippen molar-refractivity contribution in [3.05, 3.63) is 30.3 Å². The predicted molar refractivity (Wildman–Crippen MR) is 75.0 cm³/mol. The number of rotatable bonds is 2. The van der Waals surface area contributed by atoms with Gasteiger partial charge in [0.1, 0.15) is 11.5 Å². The monoisotopic (exact) mass is 268 g/mol. The molecule has 3 heterocycles. The third-order valence-electron chi connectivity index (χ3n) is 3.55. The minimum absolute atomic E-state index is 0.0831. The molecule has 2 aromatic heterocycles. The van der Waals surface area contributed by atoms with Gasteiger partial charge in [0.2, 0.25) is 5.95 Å². The van der Waals surface area contributed by atoms with Crippen molar-refractivity contribution in [3.63, 3.8) is 0 Å². The zero-order valence-corrected chi connectivity index (χ0v) is 11.4. The van der Waals surface area contributed by atoms with Gasteiger partial charge in [-0.25, -0.2) is 9.97 Å². The number of nitrogens with zero attached hydrogens (tertiary/aromatic N) is 4. The molecular formula is C15H16N4O. The fourth-order valence-corrected chi connectivity index (χ4v) is 2.47. The number of aryl methyl sites for hydroxylation is 1. The van der Waals surface area contributed by atoms with Crippen LogP contribution in [0.2, 0.25) is 0 Å². The molecule has 1 unspecified atom stereocenters. The first-order valence-corrected chi connectivity index (χ1v) is 6.79. The number of anilines is 1.